The van der Waals surface area contributed by atoms with Gasteiger partial charge in [0.05, 0.1) is 0 Å². The van der Waals surface area contributed by atoms with Gasteiger partial charge in [0.25, 0.3) is 5.91 Å². The minimum absolute atomic E-state index is 0.0822. The van der Waals surface area contributed by atoms with Crippen LogP contribution in [0.4, 0.5) is 0 Å². The van der Waals surface area contributed by atoms with Crippen molar-refractivity contribution in [2.75, 3.05) is 6.54 Å². The molecule has 0 radical (unpaired) electrons. The second-order valence-corrected chi connectivity index (χ2v) is 3.47. The second-order valence-electron chi connectivity index (χ2n) is 3.47. The van der Waals surface area contributed by atoms with E-state index in [0.717, 1.165) is 0 Å². The van der Waals surface area contributed by atoms with E-state index in [1.165, 1.54) is 24.3 Å². The van der Waals surface area contributed by atoms with Crippen LogP contribution >= 0.6 is 0 Å². The van der Waals surface area contributed by atoms with Gasteiger partial charge >= 0.3 is 0 Å². The lowest BCUT2D eigenvalue weighted by molar-refractivity contribution is -0.124. The number of nitrogens with zero attached hydrogens (tertiary/aromatic N) is 1. The van der Waals surface area contributed by atoms with Crippen molar-refractivity contribution in [3.05, 3.63) is 24.4 Å². The van der Waals surface area contributed by atoms with Crippen LogP contribution in [0.15, 0.2) is 24.4 Å². The van der Waals surface area contributed by atoms with E-state index in [-0.39, 0.29) is 11.7 Å². The highest BCUT2D eigenvalue weighted by atomic mass is 16.2. The van der Waals surface area contributed by atoms with Crippen molar-refractivity contribution in [3.8, 4) is 0 Å². The van der Waals surface area contributed by atoms with Crippen molar-refractivity contribution >= 4 is 11.7 Å². The molecule has 1 rings (SSSR count). The molecule has 1 amide bonds. The lowest BCUT2D eigenvalue weighted by atomic mass is 10.3. The van der Waals surface area contributed by atoms with Crippen LogP contribution in [0.3, 0.4) is 0 Å². The SMILES string of the molecule is C=C1C=CC(=O)N1CCC(C)=O.CCC. The van der Waals surface area contributed by atoms with Gasteiger partial charge < -0.3 is 4.90 Å². The van der Waals surface area contributed by atoms with Crippen LogP contribution < -0.4 is 0 Å². The molecule has 0 saturated heterocycles. The summed E-state index contributed by atoms with van der Waals surface area (Å²) in [7, 11) is 0. The van der Waals surface area contributed by atoms with Crippen LogP contribution in [0.2, 0.25) is 0 Å². The fourth-order valence-electron chi connectivity index (χ4n) is 1.01. The molecule has 3 nitrogen and oxygen atoms in total. The molecule has 0 unspecified atom stereocenters. The van der Waals surface area contributed by atoms with E-state index in [1.54, 1.807) is 6.08 Å². The van der Waals surface area contributed by atoms with E-state index in [9.17, 15) is 9.59 Å². The van der Waals surface area contributed by atoms with Crippen LogP contribution in [-0.2, 0) is 9.59 Å². The Kier molecular flexibility index (Phi) is 6.34. The van der Waals surface area contributed by atoms with Crippen molar-refractivity contribution in [1.82, 2.24) is 4.90 Å². The Bertz CT molecular complexity index is 261. The fraction of sp³-hybridized carbons (Fsp3) is 0.500. The molecule has 0 aromatic rings. The zero-order valence-electron chi connectivity index (χ0n) is 9.75. The summed E-state index contributed by atoms with van der Waals surface area (Å²) in [5.74, 6) is 0.00347. The minimum Gasteiger partial charge on any atom is -0.309 e. The average molecular weight is 209 g/mol. The summed E-state index contributed by atoms with van der Waals surface area (Å²) >= 11 is 0. The van der Waals surface area contributed by atoms with Crippen LogP contribution in [-0.4, -0.2) is 23.1 Å². The summed E-state index contributed by atoms with van der Waals surface area (Å²) in [5, 5.41) is 0. The molecule has 15 heavy (non-hydrogen) atoms. The summed E-state index contributed by atoms with van der Waals surface area (Å²) < 4.78 is 0. The predicted octanol–water partition coefficient (Wildman–Crippen LogP) is 2.29. The number of ketones is 1. The Morgan fingerprint density at radius 2 is 1.93 bits per heavy atom. The lowest BCUT2D eigenvalue weighted by Crippen LogP contribution is -2.25. The monoisotopic (exact) mass is 209 g/mol. The normalized spacial score (nSPS) is 13.9. The number of allylic oxidation sites excluding steroid dienone is 1. The molecule has 0 bridgehead atoms. The number of hydrogen-bond acceptors (Lipinski definition) is 2. The topological polar surface area (TPSA) is 37.4 Å². The smallest absolute Gasteiger partial charge is 0.251 e. The van der Waals surface area contributed by atoms with E-state index in [4.69, 9.17) is 0 Å². The first-order valence-electron chi connectivity index (χ1n) is 5.20. The number of Topliss-reactive ketones (excluding diaryl/α,β-unsaturated/α-hetero) is 1. The van der Waals surface area contributed by atoms with Gasteiger partial charge in [0.15, 0.2) is 0 Å². The summed E-state index contributed by atoms with van der Waals surface area (Å²) in [4.78, 5) is 23.2. The number of carbonyl (C=O) groups excluding carboxylic acids is 2. The molecule has 0 aromatic carbocycles. The van der Waals surface area contributed by atoms with Crippen molar-refractivity contribution in [2.45, 2.75) is 33.6 Å². The van der Waals surface area contributed by atoms with Crippen LogP contribution in [0, 0.1) is 0 Å². The molecule has 0 spiro atoms. The third-order valence-corrected chi connectivity index (χ3v) is 1.72. The predicted molar refractivity (Wildman–Crippen MR) is 61.3 cm³/mol. The van der Waals surface area contributed by atoms with Crippen molar-refractivity contribution in [2.24, 2.45) is 0 Å². The van der Waals surface area contributed by atoms with E-state index in [2.05, 4.69) is 20.4 Å². The maximum absolute atomic E-state index is 11.1. The fourth-order valence-corrected chi connectivity index (χ4v) is 1.01. The summed E-state index contributed by atoms with van der Waals surface area (Å²) in [6.07, 6.45) is 4.76. The quantitative estimate of drug-likeness (QED) is 0.715. The Morgan fingerprint density at radius 3 is 2.27 bits per heavy atom. The van der Waals surface area contributed by atoms with Gasteiger partial charge in [-0.25, -0.2) is 0 Å². The van der Waals surface area contributed by atoms with Crippen molar-refractivity contribution in [1.29, 1.82) is 0 Å². The molecule has 1 aliphatic heterocycles. The summed E-state index contributed by atoms with van der Waals surface area (Å²) in [6, 6.07) is 0. The first-order chi connectivity index (χ1) is 7.02. The van der Waals surface area contributed by atoms with Gasteiger partial charge in [-0.1, -0.05) is 26.8 Å². The van der Waals surface area contributed by atoms with E-state index < -0.39 is 0 Å². The number of amides is 1. The zero-order chi connectivity index (χ0) is 11.8. The van der Waals surface area contributed by atoms with Gasteiger partial charge in [-0.05, 0) is 13.0 Å². The van der Waals surface area contributed by atoms with E-state index >= 15 is 0 Å². The number of rotatable bonds is 3. The van der Waals surface area contributed by atoms with E-state index in [0.29, 0.717) is 18.7 Å². The first kappa shape index (κ1) is 13.6. The molecule has 0 atom stereocenters. The molecule has 0 aliphatic carbocycles. The molecule has 0 saturated carbocycles. The highest BCUT2D eigenvalue weighted by Gasteiger charge is 2.17. The molecule has 1 aliphatic rings. The maximum Gasteiger partial charge on any atom is 0.251 e. The zero-order valence-corrected chi connectivity index (χ0v) is 9.75. The molecular weight excluding hydrogens is 190 g/mol. The molecule has 3 heteroatoms. The van der Waals surface area contributed by atoms with E-state index in [1.807, 2.05) is 0 Å². The van der Waals surface area contributed by atoms with Crippen LogP contribution in [0.1, 0.15) is 33.6 Å². The van der Waals surface area contributed by atoms with Crippen LogP contribution in [0.25, 0.3) is 0 Å². The van der Waals surface area contributed by atoms with Gasteiger partial charge in [0, 0.05) is 24.7 Å². The van der Waals surface area contributed by atoms with Gasteiger partial charge in [-0.3, -0.25) is 9.59 Å². The van der Waals surface area contributed by atoms with Gasteiger partial charge in [-0.2, -0.15) is 0 Å². The Morgan fingerprint density at radius 1 is 1.40 bits per heavy atom. The number of carbonyl (C=O) groups is 2. The highest BCUT2D eigenvalue weighted by molar-refractivity contribution is 5.93. The van der Waals surface area contributed by atoms with Crippen molar-refractivity contribution in [3.63, 3.8) is 0 Å². The average Bonchev–Trinajstić information content (AvgIpc) is 2.45. The molecule has 1 heterocycles. The second kappa shape index (κ2) is 6.98. The first-order valence-corrected chi connectivity index (χ1v) is 5.20. The molecule has 0 aromatic heterocycles. The summed E-state index contributed by atoms with van der Waals surface area (Å²) in [5.41, 5.74) is 0.668. The molecule has 0 N–H and O–H groups in total. The minimum atomic E-state index is -0.0822. The Labute approximate surface area is 91.5 Å². The maximum atomic E-state index is 11.1. The number of hydrogen-bond donors (Lipinski definition) is 0. The third kappa shape index (κ3) is 5.15. The van der Waals surface area contributed by atoms with Gasteiger partial charge in [0.2, 0.25) is 0 Å². The van der Waals surface area contributed by atoms with Crippen LogP contribution in [0.5, 0.6) is 0 Å². The Balaban J connectivity index is 0.000000583. The van der Waals surface area contributed by atoms with Gasteiger partial charge in [-0.15, -0.1) is 0 Å². The van der Waals surface area contributed by atoms with Gasteiger partial charge in [0.1, 0.15) is 5.78 Å². The molecular formula is C12H19NO2. The molecule has 0 fully saturated rings. The largest absolute Gasteiger partial charge is 0.309 e. The lowest BCUT2D eigenvalue weighted by Gasteiger charge is -2.15. The molecule has 84 valence electrons. The van der Waals surface area contributed by atoms with Crippen molar-refractivity contribution < 1.29 is 9.59 Å². The summed E-state index contributed by atoms with van der Waals surface area (Å²) in [6.45, 7) is 9.88. The highest BCUT2D eigenvalue weighted by Crippen LogP contribution is 2.12. The standard InChI is InChI=1S/C9H11NO2.C3H8/c1-7-3-4-9(12)10(7)6-5-8(2)11;1-3-2/h3-4H,1,5-6H2,2H3;3H2,1-2H3. The Hall–Kier alpha value is -1.38. The third-order valence-electron chi connectivity index (χ3n) is 1.72.